The summed E-state index contributed by atoms with van der Waals surface area (Å²) in [6.45, 7) is 6.08. The molecule has 1 unspecified atom stereocenters. The molecular weight excluding hydrogens is 221 g/mol. The number of hydrogen-bond donors (Lipinski definition) is 1. The van der Waals surface area contributed by atoms with Crippen molar-refractivity contribution >= 4 is 5.97 Å². The van der Waals surface area contributed by atoms with Gasteiger partial charge in [-0.25, -0.2) is 0 Å². The quantitative estimate of drug-likeness (QED) is 0.756. The first-order chi connectivity index (χ1) is 7.07. The predicted octanol–water partition coefficient (Wildman–Crippen LogP) is 4.02. The Kier molecular flexibility index (Phi) is 8.90. The second-order valence-electron chi connectivity index (χ2n) is 3.82. The molecule has 0 aromatic rings. The molecule has 1 N–H and O–H groups in total. The Morgan fingerprint density at radius 3 is 1.94 bits per heavy atom. The van der Waals surface area contributed by atoms with Crippen LogP contribution in [0, 0.1) is 5.92 Å². The molecule has 0 radical (unpaired) electrons. The van der Waals surface area contributed by atoms with E-state index in [1.807, 2.05) is 19.9 Å². The third-order valence-electron chi connectivity index (χ3n) is 1.71. The van der Waals surface area contributed by atoms with Crippen molar-refractivity contribution in [2.24, 2.45) is 5.92 Å². The summed E-state index contributed by atoms with van der Waals surface area (Å²) in [5.41, 5.74) is 1.07. The molecule has 0 bridgehead atoms. The van der Waals surface area contributed by atoms with Crippen LogP contribution < -0.4 is 0 Å². The van der Waals surface area contributed by atoms with E-state index in [4.69, 9.17) is 9.90 Å². The molecule has 0 saturated carbocycles. The van der Waals surface area contributed by atoms with Crippen LogP contribution in [0.5, 0.6) is 0 Å². The van der Waals surface area contributed by atoms with Gasteiger partial charge in [-0.2, -0.15) is 13.2 Å². The van der Waals surface area contributed by atoms with Crippen molar-refractivity contribution in [3.05, 3.63) is 11.6 Å². The maximum absolute atomic E-state index is 12.0. The third kappa shape index (κ3) is 15.5. The maximum atomic E-state index is 12.0. The van der Waals surface area contributed by atoms with Gasteiger partial charge in [-0.1, -0.05) is 18.6 Å². The first kappa shape index (κ1) is 17.4. The lowest BCUT2D eigenvalue weighted by molar-refractivity contribution is -0.170. The van der Waals surface area contributed by atoms with E-state index < -0.39 is 18.1 Å². The number of alkyl halides is 3. The van der Waals surface area contributed by atoms with Crippen LogP contribution in [0.3, 0.4) is 0 Å². The molecule has 0 saturated heterocycles. The molecule has 0 amide bonds. The van der Waals surface area contributed by atoms with Gasteiger partial charge in [0, 0.05) is 6.92 Å². The third-order valence-corrected chi connectivity index (χ3v) is 1.71. The first-order valence-electron chi connectivity index (χ1n) is 4.97. The average Bonchev–Trinajstić information content (AvgIpc) is 2.00. The smallest absolute Gasteiger partial charge is 0.391 e. The summed E-state index contributed by atoms with van der Waals surface area (Å²) in [7, 11) is 0. The number of hydrogen-bond acceptors (Lipinski definition) is 1. The topological polar surface area (TPSA) is 37.3 Å². The lowest BCUT2D eigenvalue weighted by Crippen LogP contribution is -2.19. The van der Waals surface area contributed by atoms with Gasteiger partial charge in [-0.05, 0) is 26.7 Å². The molecule has 2 nitrogen and oxygen atoms in total. The molecule has 0 fully saturated rings. The Morgan fingerprint density at radius 2 is 1.69 bits per heavy atom. The zero-order valence-corrected chi connectivity index (χ0v) is 10.1. The fraction of sp³-hybridized carbons (Fsp3) is 0.727. The number of carboxylic acids is 1. The Labute approximate surface area is 94.2 Å². The van der Waals surface area contributed by atoms with Crippen LogP contribution in [-0.2, 0) is 4.79 Å². The van der Waals surface area contributed by atoms with E-state index in [1.165, 1.54) is 6.92 Å². The number of carbonyl (C=O) groups is 1. The minimum Gasteiger partial charge on any atom is -0.481 e. The molecule has 0 aliphatic carbocycles. The summed E-state index contributed by atoms with van der Waals surface area (Å²) in [5.74, 6) is -2.02. The van der Waals surface area contributed by atoms with Crippen LogP contribution in [-0.4, -0.2) is 17.3 Å². The molecule has 0 spiro atoms. The van der Waals surface area contributed by atoms with Gasteiger partial charge in [0.05, 0.1) is 5.92 Å². The van der Waals surface area contributed by atoms with Crippen molar-refractivity contribution in [3.63, 3.8) is 0 Å². The summed E-state index contributed by atoms with van der Waals surface area (Å²) in [6.07, 6.45) is -1.49. The van der Waals surface area contributed by atoms with Gasteiger partial charge in [0.1, 0.15) is 0 Å². The zero-order valence-electron chi connectivity index (χ0n) is 10.1. The lowest BCUT2D eigenvalue weighted by Gasteiger charge is -2.13. The summed E-state index contributed by atoms with van der Waals surface area (Å²) in [5, 5.41) is 7.42. The van der Waals surface area contributed by atoms with E-state index in [2.05, 4.69) is 0 Å². The molecule has 5 heteroatoms. The molecule has 96 valence electrons. The normalized spacial score (nSPS) is 12.2. The Balaban J connectivity index is 0. The van der Waals surface area contributed by atoms with Crippen molar-refractivity contribution in [2.75, 3.05) is 0 Å². The van der Waals surface area contributed by atoms with Gasteiger partial charge in [0.25, 0.3) is 5.97 Å². The van der Waals surface area contributed by atoms with Gasteiger partial charge in [-0.15, -0.1) is 0 Å². The SMILES string of the molecule is CC(=O)O.CC(C)=CCCC(C)C(F)(F)F. The fourth-order valence-electron chi connectivity index (χ4n) is 0.786. The maximum Gasteiger partial charge on any atom is 0.391 e. The van der Waals surface area contributed by atoms with Gasteiger partial charge >= 0.3 is 6.18 Å². The molecule has 0 aromatic carbocycles. The highest BCUT2D eigenvalue weighted by atomic mass is 19.4. The molecule has 0 aliphatic rings. The average molecular weight is 240 g/mol. The molecule has 0 heterocycles. The van der Waals surface area contributed by atoms with E-state index >= 15 is 0 Å². The van der Waals surface area contributed by atoms with Crippen LogP contribution in [0.15, 0.2) is 11.6 Å². The van der Waals surface area contributed by atoms with Gasteiger partial charge in [-0.3, -0.25) is 4.79 Å². The van der Waals surface area contributed by atoms with Crippen LogP contribution in [0.25, 0.3) is 0 Å². The van der Waals surface area contributed by atoms with Crippen LogP contribution in [0.4, 0.5) is 13.2 Å². The van der Waals surface area contributed by atoms with Crippen LogP contribution in [0.1, 0.15) is 40.5 Å². The highest BCUT2D eigenvalue weighted by Crippen LogP contribution is 2.29. The van der Waals surface area contributed by atoms with E-state index in [0.717, 1.165) is 12.5 Å². The fourth-order valence-corrected chi connectivity index (χ4v) is 0.786. The number of carboxylic acid groups (broad SMARTS) is 1. The van der Waals surface area contributed by atoms with Gasteiger partial charge in [0.15, 0.2) is 0 Å². The molecule has 0 aromatic heterocycles. The molecule has 1 atom stereocenters. The van der Waals surface area contributed by atoms with E-state index in [1.54, 1.807) is 0 Å². The Morgan fingerprint density at radius 1 is 1.31 bits per heavy atom. The number of halogens is 3. The van der Waals surface area contributed by atoms with Crippen molar-refractivity contribution < 1.29 is 23.1 Å². The van der Waals surface area contributed by atoms with Crippen molar-refractivity contribution in [2.45, 2.75) is 46.7 Å². The number of aliphatic carboxylic acids is 1. The van der Waals surface area contributed by atoms with Crippen molar-refractivity contribution in [1.29, 1.82) is 0 Å². The first-order valence-corrected chi connectivity index (χ1v) is 4.97. The summed E-state index contributed by atoms with van der Waals surface area (Å²) in [4.78, 5) is 9.00. The predicted molar refractivity (Wildman–Crippen MR) is 57.2 cm³/mol. The standard InChI is InChI=1S/C9H15F3.C2H4O2/c1-7(2)5-4-6-8(3)9(10,11)12;1-2(3)4/h5,8H,4,6H2,1-3H3;1H3,(H,3,4). The molecule has 0 aliphatic heterocycles. The minimum absolute atomic E-state index is 0.189. The number of rotatable bonds is 3. The van der Waals surface area contributed by atoms with Crippen LogP contribution in [0.2, 0.25) is 0 Å². The Bertz CT molecular complexity index is 224. The zero-order chi connectivity index (χ0) is 13.4. The summed E-state index contributed by atoms with van der Waals surface area (Å²) >= 11 is 0. The van der Waals surface area contributed by atoms with E-state index in [0.29, 0.717) is 6.42 Å². The van der Waals surface area contributed by atoms with E-state index in [-0.39, 0.29) is 6.42 Å². The molecule has 16 heavy (non-hydrogen) atoms. The highest BCUT2D eigenvalue weighted by Gasteiger charge is 2.34. The monoisotopic (exact) mass is 240 g/mol. The lowest BCUT2D eigenvalue weighted by atomic mass is 10.0. The summed E-state index contributed by atoms with van der Waals surface area (Å²) in [6, 6.07) is 0. The number of allylic oxidation sites excluding steroid dienone is 2. The minimum atomic E-state index is -4.03. The van der Waals surface area contributed by atoms with Gasteiger partial charge in [0.2, 0.25) is 0 Å². The second-order valence-corrected chi connectivity index (χ2v) is 3.82. The van der Waals surface area contributed by atoms with Crippen molar-refractivity contribution in [3.8, 4) is 0 Å². The molecular formula is C11H19F3O2. The molecule has 0 rings (SSSR count). The van der Waals surface area contributed by atoms with E-state index in [9.17, 15) is 13.2 Å². The van der Waals surface area contributed by atoms with Crippen LogP contribution >= 0.6 is 0 Å². The van der Waals surface area contributed by atoms with Crippen molar-refractivity contribution in [1.82, 2.24) is 0 Å². The van der Waals surface area contributed by atoms with Gasteiger partial charge < -0.3 is 5.11 Å². The highest BCUT2D eigenvalue weighted by molar-refractivity contribution is 5.62. The largest absolute Gasteiger partial charge is 0.481 e. The Hall–Kier alpha value is -1.00. The second kappa shape index (κ2) is 8.19. The summed E-state index contributed by atoms with van der Waals surface area (Å²) < 4.78 is 35.9.